The third-order valence-electron chi connectivity index (χ3n) is 4.91. The van der Waals surface area contributed by atoms with Crippen molar-refractivity contribution in [2.75, 3.05) is 0 Å². The van der Waals surface area contributed by atoms with Crippen LogP contribution in [0.2, 0.25) is 0 Å². The van der Waals surface area contributed by atoms with Gasteiger partial charge < -0.3 is 10.4 Å². The molecule has 9 nitrogen and oxygen atoms in total. The lowest BCUT2D eigenvalue weighted by molar-refractivity contribution is -0.591. The van der Waals surface area contributed by atoms with Gasteiger partial charge in [-0.3, -0.25) is 20.2 Å². The molecule has 1 aromatic carbocycles. The second kappa shape index (κ2) is 7.44. The molecule has 2 N–H and O–H groups in total. The van der Waals surface area contributed by atoms with E-state index in [0.29, 0.717) is 0 Å². The third-order valence-corrected chi connectivity index (χ3v) is 4.91. The number of non-ortho nitro benzene ring substituents is 1. The van der Waals surface area contributed by atoms with E-state index >= 15 is 0 Å². The van der Waals surface area contributed by atoms with Crippen molar-refractivity contribution in [3.63, 3.8) is 0 Å². The van der Waals surface area contributed by atoms with E-state index in [4.69, 9.17) is 0 Å². The standard InChI is InChI=1S/C16H16F3N3O6/c1-7-11(15(23)24)12(9-4-3-5-10(6-9)21(25)26)16(22(27)28,8(2)20-7)13(17)14(18)19/h3-6,8,12-14,20H,1-2H3,(H,23,24). The maximum Gasteiger partial charge on any atom is 0.334 e. The van der Waals surface area contributed by atoms with Gasteiger partial charge in [-0.25, -0.2) is 18.0 Å². The second-order valence-electron chi connectivity index (χ2n) is 6.38. The average molecular weight is 403 g/mol. The summed E-state index contributed by atoms with van der Waals surface area (Å²) in [5.41, 5.74) is -4.78. The fourth-order valence-electron chi connectivity index (χ4n) is 3.72. The monoisotopic (exact) mass is 403 g/mol. The SMILES string of the molecule is CC1=C(C(=O)O)C(c2cccc([N+](=O)[O-])c2)C(C(F)C(F)F)([N+](=O)[O-])C(C)N1. The van der Waals surface area contributed by atoms with E-state index in [1.54, 1.807) is 0 Å². The minimum Gasteiger partial charge on any atom is -0.478 e. The van der Waals surface area contributed by atoms with Crippen molar-refractivity contribution in [1.29, 1.82) is 0 Å². The number of aliphatic carboxylic acids is 1. The van der Waals surface area contributed by atoms with Crippen LogP contribution < -0.4 is 5.32 Å². The van der Waals surface area contributed by atoms with E-state index in [2.05, 4.69) is 5.32 Å². The summed E-state index contributed by atoms with van der Waals surface area (Å²) in [6.45, 7) is 2.34. The molecule has 1 aromatic rings. The first-order chi connectivity index (χ1) is 13.0. The summed E-state index contributed by atoms with van der Waals surface area (Å²) in [6.07, 6.45) is -7.14. The first-order valence-electron chi connectivity index (χ1n) is 7.97. The van der Waals surface area contributed by atoms with Crippen LogP contribution in [-0.2, 0) is 4.79 Å². The number of nitrogens with one attached hydrogen (secondary N) is 1. The van der Waals surface area contributed by atoms with Gasteiger partial charge in [0.2, 0.25) is 6.17 Å². The van der Waals surface area contributed by atoms with Gasteiger partial charge in [0.15, 0.2) is 0 Å². The number of carboxylic acids is 1. The fraction of sp³-hybridized carbons (Fsp3) is 0.438. The summed E-state index contributed by atoms with van der Waals surface area (Å²) in [7, 11) is 0. The van der Waals surface area contributed by atoms with E-state index < -0.39 is 57.2 Å². The molecule has 0 aromatic heterocycles. The highest BCUT2D eigenvalue weighted by molar-refractivity contribution is 5.90. The van der Waals surface area contributed by atoms with Crippen LogP contribution in [0.3, 0.4) is 0 Å². The van der Waals surface area contributed by atoms with Crippen LogP contribution in [0, 0.1) is 20.2 Å². The molecule has 28 heavy (non-hydrogen) atoms. The third kappa shape index (κ3) is 3.14. The Kier molecular flexibility index (Phi) is 5.62. The number of allylic oxidation sites excluding steroid dienone is 1. The predicted octanol–water partition coefficient (Wildman–Crippen LogP) is 2.65. The summed E-state index contributed by atoms with van der Waals surface area (Å²) >= 11 is 0. The molecule has 0 spiro atoms. The van der Waals surface area contributed by atoms with Gasteiger partial charge in [0, 0.05) is 22.8 Å². The summed E-state index contributed by atoms with van der Waals surface area (Å²) in [6, 6.07) is 2.56. The summed E-state index contributed by atoms with van der Waals surface area (Å²) < 4.78 is 41.4. The highest BCUT2D eigenvalue weighted by atomic mass is 19.3. The highest BCUT2D eigenvalue weighted by Crippen LogP contribution is 2.48. The average Bonchev–Trinajstić information content (AvgIpc) is 2.60. The van der Waals surface area contributed by atoms with Crippen LogP contribution in [-0.4, -0.2) is 45.1 Å². The smallest absolute Gasteiger partial charge is 0.334 e. The Morgan fingerprint density at radius 1 is 1.29 bits per heavy atom. The predicted molar refractivity (Wildman–Crippen MR) is 89.4 cm³/mol. The quantitative estimate of drug-likeness (QED) is 0.550. The Bertz CT molecular complexity index is 862. The number of hydrogen-bond donors (Lipinski definition) is 2. The number of carboxylic acid groups (broad SMARTS) is 1. The van der Waals surface area contributed by atoms with Crippen molar-refractivity contribution in [3.05, 3.63) is 61.3 Å². The summed E-state index contributed by atoms with van der Waals surface area (Å²) in [4.78, 5) is 32.7. The second-order valence-corrected chi connectivity index (χ2v) is 6.38. The van der Waals surface area contributed by atoms with Crippen LogP contribution in [0.4, 0.5) is 18.9 Å². The van der Waals surface area contributed by atoms with E-state index in [1.165, 1.54) is 6.92 Å². The molecule has 2 rings (SSSR count). The van der Waals surface area contributed by atoms with Crippen molar-refractivity contribution in [2.24, 2.45) is 0 Å². The molecular weight excluding hydrogens is 387 g/mol. The number of nitro groups is 2. The molecule has 0 saturated carbocycles. The molecule has 0 bridgehead atoms. The van der Waals surface area contributed by atoms with E-state index in [9.17, 15) is 43.3 Å². The molecule has 1 heterocycles. The Morgan fingerprint density at radius 3 is 2.36 bits per heavy atom. The lowest BCUT2D eigenvalue weighted by atomic mass is 9.66. The van der Waals surface area contributed by atoms with Gasteiger partial charge >= 0.3 is 5.97 Å². The van der Waals surface area contributed by atoms with Crippen molar-refractivity contribution in [1.82, 2.24) is 5.32 Å². The molecule has 0 aliphatic carbocycles. The molecule has 1 aliphatic heterocycles. The van der Waals surface area contributed by atoms with Crippen LogP contribution >= 0.6 is 0 Å². The highest BCUT2D eigenvalue weighted by Gasteiger charge is 2.68. The molecule has 0 saturated heterocycles. The minimum atomic E-state index is -3.79. The number of alkyl halides is 3. The minimum absolute atomic E-state index is 0.0875. The molecule has 1 aliphatic rings. The molecule has 0 amide bonds. The molecule has 4 atom stereocenters. The maximum atomic E-state index is 14.7. The first-order valence-corrected chi connectivity index (χ1v) is 7.97. The van der Waals surface area contributed by atoms with Crippen LogP contribution in [0.5, 0.6) is 0 Å². The largest absolute Gasteiger partial charge is 0.478 e. The molecule has 4 unspecified atom stereocenters. The number of hydrogen-bond acceptors (Lipinski definition) is 6. The van der Waals surface area contributed by atoms with Crippen LogP contribution in [0.25, 0.3) is 0 Å². The number of benzene rings is 1. The fourth-order valence-corrected chi connectivity index (χ4v) is 3.72. The van der Waals surface area contributed by atoms with E-state index in [-0.39, 0.29) is 11.3 Å². The van der Waals surface area contributed by atoms with Gasteiger partial charge in [-0.05, 0) is 19.4 Å². The van der Waals surface area contributed by atoms with Gasteiger partial charge in [0.1, 0.15) is 0 Å². The number of nitrogens with zero attached hydrogens (tertiary/aromatic N) is 2. The van der Waals surface area contributed by atoms with Crippen molar-refractivity contribution < 1.29 is 32.9 Å². The van der Waals surface area contributed by atoms with Gasteiger partial charge in [0.05, 0.1) is 22.5 Å². The number of nitro benzene ring substituents is 1. The number of carbonyl (C=O) groups is 1. The van der Waals surface area contributed by atoms with Gasteiger partial charge in [-0.1, -0.05) is 12.1 Å². The van der Waals surface area contributed by atoms with Crippen molar-refractivity contribution in [2.45, 2.75) is 43.9 Å². The first kappa shape index (κ1) is 21.1. The Balaban J connectivity index is 2.92. The summed E-state index contributed by atoms with van der Waals surface area (Å²) in [5.74, 6) is -3.69. The molecule has 12 heteroatoms. The van der Waals surface area contributed by atoms with Gasteiger partial charge in [0.25, 0.3) is 17.7 Å². The Hall–Kier alpha value is -3.18. The Labute approximate surface area is 156 Å². The zero-order valence-corrected chi connectivity index (χ0v) is 14.6. The van der Waals surface area contributed by atoms with E-state index in [0.717, 1.165) is 31.2 Å². The Morgan fingerprint density at radius 2 is 1.89 bits per heavy atom. The van der Waals surface area contributed by atoms with Crippen molar-refractivity contribution >= 4 is 11.7 Å². The molecule has 0 fully saturated rings. The lowest BCUT2D eigenvalue weighted by Gasteiger charge is -2.44. The van der Waals surface area contributed by atoms with Crippen molar-refractivity contribution in [3.8, 4) is 0 Å². The van der Waals surface area contributed by atoms with Crippen LogP contribution in [0.1, 0.15) is 25.3 Å². The molecule has 152 valence electrons. The summed E-state index contributed by atoms with van der Waals surface area (Å²) in [5, 5.41) is 35.0. The number of rotatable bonds is 6. The van der Waals surface area contributed by atoms with E-state index in [1.807, 2.05) is 0 Å². The topological polar surface area (TPSA) is 136 Å². The van der Waals surface area contributed by atoms with Gasteiger partial charge in [-0.2, -0.15) is 0 Å². The lowest BCUT2D eigenvalue weighted by Crippen LogP contribution is -2.68. The van der Waals surface area contributed by atoms with Crippen LogP contribution in [0.15, 0.2) is 35.5 Å². The zero-order chi connectivity index (χ0) is 21.4. The number of halogens is 3. The van der Waals surface area contributed by atoms with Gasteiger partial charge in [-0.15, -0.1) is 0 Å². The molecule has 0 radical (unpaired) electrons. The maximum absolute atomic E-state index is 14.7. The zero-order valence-electron chi connectivity index (χ0n) is 14.6. The molecular formula is C16H16F3N3O6. The normalized spacial score (nSPS) is 25.9.